The summed E-state index contributed by atoms with van der Waals surface area (Å²) in [5.74, 6) is 0.188. The molecular formula is C11H20N2O2. The Hall–Kier alpha value is -0.610. The Bertz CT molecular complexity index is 225. The van der Waals surface area contributed by atoms with Crippen molar-refractivity contribution in [2.24, 2.45) is 0 Å². The van der Waals surface area contributed by atoms with Gasteiger partial charge >= 0.3 is 0 Å². The molecule has 2 atom stereocenters. The van der Waals surface area contributed by atoms with Crippen LogP contribution < -0.4 is 5.32 Å². The number of amides is 1. The molecule has 86 valence electrons. The number of carbonyl (C=O) groups is 1. The highest BCUT2D eigenvalue weighted by Crippen LogP contribution is 2.15. The van der Waals surface area contributed by atoms with Gasteiger partial charge in [-0.1, -0.05) is 12.8 Å². The highest BCUT2D eigenvalue weighted by Gasteiger charge is 2.29. The third-order valence-electron chi connectivity index (χ3n) is 3.33. The van der Waals surface area contributed by atoms with Crippen LogP contribution in [0.25, 0.3) is 0 Å². The summed E-state index contributed by atoms with van der Waals surface area (Å²) in [6.45, 7) is 2.20. The lowest BCUT2D eigenvalue weighted by Gasteiger charge is -2.22. The van der Waals surface area contributed by atoms with Gasteiger partial charge < -0.3 is 15.3 Å². The van der Waals surface area contributed by atoms with Gasteiger partial charge in [-0.3, -0.25) is 4.79 Å². The topological polar surface area (TPSA) is 52.6 Å². The standard InChI is InChI=1S/C11H20N2O2/c14-9-5-7-13(8-9)11(15)10-4-2-1-3-6-12-10/h9-10,12,14H,1-8H2. The Morgan fingerprint density at radius 3 is 2.87 bits per heavy atom. The predicted molar refractivity (Wildman–Crippen MR) is 57.5 cm³/mol. The fourth-order valence-corrected chi connectivity index (χ4v) is 2.40. The molecule has 0 aliphatic carbocycles. The molecule has 0 radical (unpaired) electrons. The van der Waals surface area contributed by atoms with Gasteiger partial charge in [0.05, 0.1) is 12.1 Å². The summed E-state index contributed by atoms with van der Waals surface area (Å²) in [5, 5.41) is 12.7. The lowest BCUT2D eigenvalue weighted by molar-refractivity contribution is -0.132. The number of β-amino-alcohol motifs (C(OH)–C–C–N with tert-alkyl or cyclic N) is 1. The van der Waals surface area contributed by atoms with Crippen LogP contribution in [-0.4, -0.2) is 47.7 Å². The van der Waals surface area contributed by atoms with Crippen molar-refractivity contribution in [1.82, 2.24) is 10.2 Å². The first-order valence-corrected chi connectivity index (χ1v) is 5.97. The predicted octanol–water partition coefficient (Wildman–Crippen LogP) is 0.112. The maximum atomic E-state index is 12.1. The van der Waals surface area contributed by atoms with Gasteiger partial charge in [0.25, 0.3) is 0 Å². The number of hydrogen-bond acceptors (Lipinski definition) is 3. The van der Waals surface area contributed by atoms with Crippen LogP contribution in [0.4, 0.5) is 0 Å². The molecule has 1 amide bonds. The van der Waals surface area contributed by atoms with E-state index in [1.54, 1.807) is 4.90 Å². The zero-order valence-electron chi connectivity index (χ0n) is 9.11. The molecule has 4 heteroatoms. The fraction of sp³-hybridized carbons (Fsp3) is 0.909. The number of nitrogens with zero attached hydrogens (tertiary/aromatic N) is 1. The van der Waals surface area contributed by atoms with Crippen molar-refractivity contribution >= 4 is 5.91 Å². The van der Waals surface area contributed by atoms with Gasteiger partial charge in [-0.2, -0.15) is 0 Å². The van der Waals surface area contributed by atoms with Crippen molar-refractivity contribution in [2.75, 3.05) is 19.6 Å². The summed E-state index contributed by atoms with van der Waals surface area (Å²) < 4.78 is 0. The van der Waals surface area contributed by atoms with E-state index in [1.807, 2.05) is 0 Å². The smallest absolute Gasteiger partial charge is 0.239 e. The summed E-state index contributed by atoms with van der Waals surface area (Å²) in [7, 11) is 0. The average molecular weight is 212 g/mol. The highest BCUT2D eigenvalue weighted by atomic mass is 16.3. The maximum Gasteiger partial charge on any atom is 0.239 e. The van der Waals surface area contributed by atoms with E-state index in [0.717, 1.165) is 32.4 Å². The van der Waals surface area contributed by atoms with Gasteiger partial charge in [0.1, 0.15) is 0 Å². The van der Waals surface area contributed by atoms with E-state index in [2.05, 4.69) is 5.32 Å². The van der Waals surface area contributed by atoms with Gasteiger partial charge in [0.15, 0.2) is 0 Å². The van der Waals surface area contributed by atoms with Crippen molar-refractivity contribution in [3.63, 3.8) is 0 Å². The second-order valence-corrected chi connectivity index (χ2v) is 4.58. The molecule has 2 aliphatic rings. The van der Waals surface area contributed by atoms with Crippen LogP contribution >= 0.6 is 0 Å². The van der Waals surface area contributed by atoms with Crippen LogP contribution in [0.1, 0.15) is 32.1 Å². The van der Waals surface area contributed by atoms with Crippen molar-refractivity contribution in [1.29, 1.82) is 0 Å². The summed E-state index contributed by atoms with van der Waals surface area (Å²) in [6, 6.07) is -0.00204. The first-order chi connectivity index (χ1) is 7.27. The van der Waals surface area contributed by atoms with Crippen molar-refractivity contribution in [2.45, 2.75) is 44.2 Å². The van der Waals surface area contributed by atoms with E-state index in [4.69, 9.17) is 0 Å². The van der Waals surface area contributed by atoms with Gasteiger partial charge in [0.2, 0.25) is 5.91 Å². The minimum absolute atomic E-state index is 0.00204. The molecule has 2 heterocycles. The second-order valence-electron chi connectivity index (χ2n) is 4.58. The van der Waals surface area contributed by atoms with Crippen molar-refractivity contribution in [3.05, 3.63) is 0 Å². The molecule has 4 nitrogen and oxygen atoms in total. The number of aliphatic hydroxyl groups is 1. The lowest BCUT2D eigenvalue weighted by atomic mass is 10.1. The molecule has 15 heavy (non-hydrogen) atoms. The molecule has 2 fully saturated rings. The van der Waals surface area contributed by atoms with E-state index in [-0.39, 0.29) is 18.1 Å². The van der Waals surface area contributed by atoms with Gasteiger partial charge in [-0.25, -0.2) is 0 Å². The third-order valence-corrected chi connectivity index (χ3v) is 3.33. The van der Waals surface area contributed by atoms with Gasteiger partial charge in [-0.15, -0.1) is 0 Å². The lowest BCUT2D eigenvalue weighted by Crippen LogP contribution is -2.45. The first kappa shape index (κ1) is 10.9. The molecule has 0 bridgehead atoms. The monoisotopic (exact) mass is 212 g/mol. The van der Waals surface area contributed by atoms with Gasteiger partial charge in [-0.05, 0) is 25.8 Å². The molecule has 0 aromatic carbocycles. The highest BCUT2D eigenvalue weighted by molar-refractivity contribution is 5.82. The molecule has 0 spiro atoms. The van der Waals surface area contributed by atoms with Crippen molar-refractivity contribution < 1.29 is 9.90 Å². The summed E-state index contributed by atoms with van der Waals surface area (Å²) >= 11 is 0. The zero-order valence-corrected chi connectivity index (χ0v) is 9.11. The normalized spacial score (nSPS) is 32.7. The summed E-state index contributed by atoms with van der Waals surface area (Å²) in [6.07, 6.45) is 4.91. The number of carbonyl (C=O) groups excluding carboxylic acids is 1. The van der Waals surface area contributed by atoms with E-state index in [9.17, 15) is 9.90 Å². The molecule has 2 saturated heterocycles. The Morgan fingerprint density at radius 1 is 1.27 bits per heavy atom. The SMILES string of the molecule is O=C(C1CCCCCN1)N1CCC(O)C1. The number of nitrogens with one attached hydrogen (secondary N) is 1. The maximum absolute atomic E-state index is 12.1. The van der Waals surface area contributed by atoms with Crippen LogP contribution in [0.3, 0.4) is 0 Å². The second kappa shape index (κ2) is 4.94. The largest absolute Gasteiger partial charge is 0.391 e. The van der Waals surface area contributed by atoms with Gasteiger partial charge in [0, 0.05) is 13.1 Å². The first-order valence-electron chi connectivity index (χ1n) is 5.97. The number of likely N-dealkylation sites (tertiary alicyclic amines) is 1. The number of hydrogen-bond donors (Lipinski definition) is 2. The summed E-state index contributed by atoms with van der Waals surface area (Å²) in [5.41, 5.74) is 0. The van der Waals surface area contributed by atoms with E-state index < -0.39 is 0 Å². The van der Waals surface area contributed by atoms with Crippen LogP contribution in [0.5, 0.6) is 0 Å². The Kier molecular flexibility index (Phi) is 3.59. The minimum atomic E-state index is -0.306. The Labute approximate surface area is 90.6 Å². The summed E-state index contributed by atoms with van der Waals surface area (Å²) in [4.78, 5) is 13.9. The van der Waals surface area contributed by atoms with Crippen LogP contribution in [0.15, 0.2) is 0 Å². The van der Waals surface area contributed by atoms with Crippen LogP contribution in [0.2, 0.25) is 0 Å². The molecule has 0 saturated carbocycles. The van der Waals surface area contributed by atoms with E-state index in [1.165, 1.54) is 12.8 Å². The quantitative estimate of drug-likeness (QED) is 0.649. The molecule has 2 N–H and O–H groups in total. The minimum Gasteiger partial charge on any atom is -0.391 e. The zero-order chi connectivity index (χ0) is 10.7. The number of rotatable bonds is 1. The molecular weight excluding hydrogens is 192 g/mol. The van der Waals surface area contributed by atoms with Crippen LogP contribution in [0, 0.1) is 0 Å². The van der Waals surface area contributed by atoms with Crippen molar-refractivity contribution in [3.8, 4) is 0 Å². The molecule has 0 aromatic heterocycles. The van der Waals surface area contributed by atoms with E-state index >= 15 is 0 Å². The molecule has 2 aliphatic heterocycles. The average Bonchev–Trinajstić information content (AvgIpc) is 2.53. The Balaban J connectivity index is 1.88. The molecule has 2 unspecified atom stereocenters. The van der Waals surface area contributed by atoms with Crippen LogP contribution in [-0.2, 0) is 4.79 Å². The molecule has 0 aromatic rings. The Morgan fingerprint density at radius 2 is 2.13 bits per heavy atom. The molecule has 2 rings (SSSR count). The number of aliphatic hydroxyl groups excluding tert-OH is 1. The third kappa shape index (κ3) is 2.69. The van der Waals surface area contributed by atoms with E-state index in [0.29, 0.717) is 6.54 Å². The fourth-order valence-electron chi connectivity index (χ4n) is 2.40.